The molecule has 334 valence electrons. The molecule has 65 heavy (non-hydrogen) atoms. The van der Waals surface area contributed by atoms with E-state index in [0.29, 0.717) is 11.5 Å². The first-order valence-electron chi connectivity index (χ1n) is 22.4. The van der Waals surface area contributed by atoms with E-state index in [2.05, 4.69) is 249 Å². The van der Waals surface area contributed by atoms with Crippen LogP contribution in [0.15, 0.2) is 158 Å². The minimum atomic E-state index is -0.368. The van der Waals surface area contributed by atoms with Crippen molar-refractivity contribution < 1.29 is 25.8 Å². The topological polar surface area (TPSA) is 33.5 Å². The van der Waals surface area contributed by atoms with Gasteiger partial charge in [-0.05, 0) is 86.0 Å². The largest absolute Gasteiger partial charge is 0.509 e. The van der Waals surface area contributed by atoms with Gasteiger partial charge in [-0.1, -0.05) is 172 Å². The van der Waals surface area contributed by atoms with E-state index < -0.39 is 0 Å². The third-order valence-electron chi connectivity index (χ3n) is 12.6. The van der Waals surface area contributed by atoms with Crippen molar-refractivity contribution in [2.45, 2.75) is 97.8 Å². The number of para-hydroxylation sites is 1. The Kier molecular flexibility index (Phi) is 12.0. The molecule has 5 nitrogen and oxygen atoms in total. The van der Waals surface area contributed by atoms with Crippen LogP contribution >= 0.6 is 0 Å². The fourth-order valence-electron chi connectivity index (χ4n) is 8.84. The van der Waals surface area contributed by atoms with E-state index in [4.69, 9.17) is 9.72 Å². The average Bonchev–Trinajstić information content (AvgIpc) is 3.87. The van der Waals surface area contributed by atoms with Crippen LogP contribution in [0.4, 0.5) is 11.4 Å². The maximum atomic E-state index is 6.90. The van der Waals surface area contributed by atoms with Crippen LogP contribution in [0.5, 0.6) is 11.5 Å². The molecule has 0 fully saturated rings. The molecular formula is C59H59N4OPt-3. The van der Waals surface area contributed by atoms with E-state index >= 15 is 0 Å². The number of benzene rings is 6. The molecule has 0 saturated carbocycles. The molecule has 0 saturated heterocycles. The van der Waals surface area contributed by atoms with Crippen molar-refractivity contribution in [2.24, 2.45) is 0 Å². The summed E-state index contributed by atoms with van der Waals surface area (Å²) in [4.78, 5) is 9.48. The van der Waals surface area contributed by atoms with Crippen molar-refractivity contribution in [3.05, 3.63) is 199 Å². The van der Waals surface area contributed by atoms with Gasteiger partial charge in [0.2, 0.25) is 0 Å². The van der Waals surface area contributed by atoms with Crippen LogP contribution in [-0.2, 0) is 42.7 Å². The SMILES string of the molecule is CC(C)(C)c1cc(-c2ccccc2)cc(N2C=C(C(C)(C)c3ccccc3)N(c3[c-]c(Oc4[c-]c5c(c(C(C)(C)C)c4)c4ccccc4n5-c4cc(C(C)(C)C)ccn4)ccc3)[CH-]2)c1.[Pt]. The van der Waals surface area contributed by atoms with Gasteiger partial charge < -0.3 is 19.1 Å². The normalized spacial score (nSPS) is 13.6. The van der Waals surface area contributed by atoms with Crippen LogP contribution < -0.4 is 14.5 Å². The quantitative estimate of drug-likeness (QED) is 0.142. The van der Waals surface area contributed by atoms with Crippen LogP contribution in [0.1, 0.15) is 98.4 Å². The molecule has 0 unspecified atom stereocenters. The zero-order valence-corrected chi connectivity index (χ0v) is 41.8. The molecule has 1 aliphatic heterocycles. The van der Waals surface area contributed by atoms with Crippen molar-refractivity contribution >= 4 is 33.2 Å². The zero-order chi connectivity index (χ0) is 45.2. The van der Waals surface area contributed by atoms with Crippen molar-refractivity contribution in [2.75, 3.05) is 9.80 Å². The van der Waals surface area contributed by atoms with Crippen molar-refractivity contribution in [1.82, 2.24) is 9.55 Å². The number of allylic oxidation sites excluding steroid dienone is 1. The number of aromatic nitrogens is 2. The van der Waals surface area contributed by atoms with E-state index in [1.165, 1.54) is 38.8 Å². The van der Waals surface area contributed by atoms with Crippen molar-refractivity contribution in [1.29, 1.82) is 0 Å². The van der Waals surface area contributed by atoms with Gasteiger partial charge in [0, 0.05) is 61.1 Å². The van der Waals surface area contributed by atoms with Crippen molar-refractivity contribution in [3.8, 4) is 28.4 Å². The molecule has 0 amide bonds. The van der Waals surface area contributed by atoms with Crippen LogP contribution in [0.2, 0.25) is 0 Å². The number of hydrogen-bond acceptors (Lipinski definition) is 4. The number of anilines is 2. The molecule has 9 rings (SSSR count). The van der Waals surface area contributed by atoms with Gasteiger partial charge in [-0.3, -0.25) is 0 Å². The summed E-state index contributed by atoms with van der Waals surface area (Å²) in [6, 6.07) is 57.1. The fraction of sp³-hybridized carbons (Fsp3) is 0.254. The van der Waals surface area contributed by atoms with Crippen LogP contribution in [0.25, 0.3) is 38.8 Å². The molecule has 0 atom stereocenters. The van der Waals surface area contributed by atoms with E-state index in [-0.39, 0.29) is 42.7 Å². The van der Waals surface area contributed by atoms with Gasteiger partial charge in [-0.15, -0.1) is 48.3 Å². The van der Waals surface area contributed by atoms with Crippen LogP contribution in [-0.4, -0.2) is 9.55 Å². The minimum Gasteiger partial charge on any atom is -0.509 e. The summed E-state index contributed by atoms with van der Waals surface area (Å²) in [5, 5.41) is 2.33. The molecule has 1 aliphatic rings. The maximum absolute atomic E-state index is 6.90. The second-order valence-corrected chi connectivity index (χ2v) is 20.8. The molecule has 0 spiro atoms. The summed E-state index contributed by atoms with van der Waals surface area (Å²) in [6.07, 6.45) is 4.20. The Labute approximate surface area is 401 Å². The summed E-state index contributed by atoms with van der Waals surface area (Å²) in [5.74, 6) is 2.09. The van der Waals surface area contributed by atoms with Gasteiger partial charge in [0.15, 0.2) is 0 Å². The second-order valence-electron chi connectivity index (χ2n) is 20.8. The molecule has 8 aromatic rings. The smallest absolute Gasteiger partial charge is 0.135 e. The summed E-state index contributed by atoms with van der Waals surface area (Å²) in [5.41, 5.74) is 11.7. The van der Waals surface area contributed by atoms with Gasteiger partial charge in [0.05, 0.1) is 0 Å². The molecule has 3 heterocycles. The standard InChI is InChI=1S/C59H59N4O.Pt/c1-56(2,3)43-29-30-60-54(34-43)63-51-28-19-18-27-49(51)55-50(58(7,8)9)36-48(37-52(55)63)64-47-26-20-25-45(35-47)62-39-61(38-53(62)59(10,11)42-23-16-13-17-24-42)46-32-41(40-21-14-12-15-22-40)31-44(33-46)57(4,5)6;/h12-34,36,38-39H,1-11H3;/q-3;. The number of hydrogen-bond donors (Lipinski definition) is 0. The minimum absolute atomic E-state index is 0. The van der Waals surface area contributed by atoms with Gasteiger partial charge >= 0.3 is 0 Å². The molecule has 2 aromatic heterocycles. The van der Waals surface area contributed by atoms with E-state index in [1.54, 1.807) is 0 Å². The predicted molar refractivity (Wildman–Crippen MR) is 268 cm³/mol. The fourth-order valence-corrected chi connectivity index (χ4v) is 8.84. The second kappa shape index (κ2) is 17.1. The molecule has 0 radical (unpaired) electrons. The Hall–Kier alpha value is -5.90. The molecule has 0 N–H and O–H groups in total. The summed E-state index contributed by atoms with van der Waals surface area (Å²) in [7, 11) is 0. The maximum Gasteiger partial charge on any atom is 0.135 e. The van der Waals surface area contributed by atoms with Crippen LogP contribution in [0.3, 0.4) is 0 Å². The van der Waals surface area contributed by atoms with Gasteiger partial charge in [0.1, 0.15) is 5.82 Å². The Morgan fingerprint density at radius 3 is 1.94 bits per heavy atom. The summed E-state index contributed by atoms with van der Waals surface area (Å²) in [6.45, 7) is 27.1. The number of fused-ring (bicyclic) bond motifs is 3. The molecular weight excluding hydrogens is 976 g/mol. The van der Waals surface area contributed by atoms with Gasteiger partial charge in [0.25, 0.3) is 0 Å². The number of ether oxygens (including phenoxy) is 1. The molecule has 6 heteroatoms. The number of rotatable bonds is 8. The summed E-state index contributed by atoms with van der Waals surface area (Å²) < 4.78 is 9.15. The first-order valence-corrected chi connectivity index (χ1v) is 22.4. The number of nitrogens with zero attached hydrogens (tertiary/aromatic N) is 4. The molecule has 6 aromatic carbocycles. The molecule has 0 bridgehead atoms. The Morgan fingerprint density at radius 2 is 1.25 bits per heavy atom. The summed E-state index contributed by atoms with van der Waals surface area (Å²) >= 11 is 0. The van der Waals surface area contributed by atoms with Crippen molar-refractivity contribution in [3.63, 3.8) is 0 Å². The van der Waals surface area contributed by atoms with E-state index in [0.717, 1.165) is 39.3 Å². The Morgan fingerprint density at radius 1 is 0.569 bits per heavy atom. The zero-order valence-electron chi connectivity index (χ0n) is 39.5. The van der Waals surface area contributed by atoms with Gasteiger partial charge in [-0.2, -0.15) is 6.07 Å². The predicted octanol–water partition coefficient (Wildman–Crippen LogP) is 15.4. The Balaban J connectivity index is 0.00000576. The van der Waals surface area contributed by atoms with E-state index in [9.17, 15) is 0 Å². The third kappa shape index (κ3) is 8.93. The van der Waals surface area contributed by atoms with E-state index in [1.807, 2.05) is 12.3 Å². The van der Waals surface area contributed by atoms with Gasteiger partial charge in [-0.25, -0.2) is 4.98 Å². The Bertz CT molecular complexity index is 3030. The first kappa shape index (κ1) is 45.7. The molecule has 0 aliphatic carbocycles. The third-order valence-corrected chi connectivity index (χ3v) is 12.6. The number of pyridine rings is 1. The monoisotopic (exact) mass is 1030 g/mol. The van der Waals surface area contributed by atoms with Crippen LogP contribution in [0, 0.1) is 18.8 Å². The average molecular weight is 1040 g/mol. The first-order chi connectivity index (χ1) is 30.4.